The second-order valence-electron chi connectivity index (χ2n) is 3.93. The minimum absolute atomic E-state index is 0.182. The van der Waals surface area contributed by atoms with Gasteiger partial charge in [-0.05, 0) is 36.4 Å². The summed E-state index contributed by atoms with van der Waals surface area (Å²) in [5.74, 6) is 1.33. The van der Waals surface area contributed by atoms with Gasteiger partial charge in [0.05, 0.1) is 15.6 Å². The summed E-state index contributed by atoms with van der Waals surface area (Å²) in [6.07, 6.45) is 0. The zero-order valence-corrected chi connectivity index (χ0v) is 11.5. The largest absolute Gasteiger partial charge is 0.497 e. The number of ether oxygens (including phenoxy) is 2. The summed E-state index contributed by atoms with van der Waals surface area (Å²) >= 11 is 0. The zero-order chi connectivity index (χ0) is 14.1. The Morgan fingerprint density at radius 1 is 0.947 bits per heavy atom. The fourth-order valence-electron chi connectivity index (χ4n) is 1.91. The second kappa shape index (κ2) is 4.90. The van der Waals surface area contributed by atoms with E-state index in [0.717, 1.165) is 16.5 Å². The van der Waals surface area contributed by atoms with Gasteiger partial charge in [-0.15, -0.1) is 0 Å². The van der Waals surface area contributed by atoms with Crippen molar-refractivity contribution in [3.05, 3.63) is 36.4 Å². The van der Waals surface area contributed by atoms with Crippen LogP contribution in [0.3, 0.4) is 0 Å². The highest BCUT2D eigenvalue weighted by molar-refractivity contribution is 7.15. The van der Waals surface area contributed by atoms with Crippen molar-refractivity contribution in [3.63, 3.8) is 0 Å². The smallest absolute Gasteiger partial charge is 0.201 e. The third-order valence-corrected chi connectivity index (χ3v) is 3.48. The molecule has 1 heterocycles. The van der Waals surface area contributed by atoms with E-state index in [2.05, 4.69) is 0 Å². The van der Waals surface area contributed by atoms with Gasteiger partial charge in [0.1, 0.15) is 22.7 Å². The lowest BCUT2D eigenvalue weighted by Gasteiger charge is -2.02. The Bertz CT molecular complexity index is 813. The minimum Gasteiger partial charge on any atom is -0.497 e. The number of methoxy groups -OCH3 is 2. The molecule has 0 radical (unpaired) electrons. The molecule has 5 heteroatoms. The van der Waals surface area contributed by atoms with Crippen LogP contribution in [0.2, 0.25) is 0 Å². The maximum absolute atomic E-state index is 8.04. The molecule has 0 bridgehead atoms. The third kappa shape index (κ3) is 2.15. The highest BCUT2D eigenvalue weighted by atomic mass is 31.1. The Morgan fingerprint density at radius 3 is 2.32 bits per heavy atom. The van der Waals surface area contributed by atoms with Gasteiger partial charge in [0, 0.05) is 10.8 Å². The Kier molecular flexibility index (Phi) is 2.79. The van der Waals surface area contributed by atoms with E-state index in [1.807, 2.05) is 24.3 Å². The molecule has 0 N–H and O–H groups in total. The minimum atomic E-state index is -0.182. The topological polar surface area (TPSA) is 44.7 Å². The van der Waals surface area contributed by atoms with Crippen LogP contribution in [0.1, 0.15) is 1.37 Å². The number of hydrogen-bond donors (Lipinski definition) is 0. The van der Waals surface area contributed by atoms with Crippen LogP contribution >= 0.6 is 8.67 Å². The first-order valence-electron chi connectivity index (χ1n) is 6.18. The van der Waals surface area contributed by atoms with Crippen molar-refractivity contribution in [2.45, 2.75) is 0 Å². The van der Waals surface area contributed by atoms with Crippen LogP contribution in [0.5, 0.6) is 11.5 Å². The lowest BCUT2D eigenvalue weighted by Crippen LogP contribution is -1.83. The summed E-state index contributed by atoms with van der Waals surface area (Å²) in [4.78, 5) is 0. The maximum Gasteiger partial charge on any atom is 0.201 e. The van der Waals surface area contributed by atoms with Gasteiger partial charge in [-0.1, -0.05) is 0 Å². The Morgan fingerprint density at radius 2 is 1.58 bits per heavy atom. The quantitative estimate of drug-likeness (QED) is 0.698. The van der Waals surface area contributed by atoms with Crippen LogP contribution in [0.15, 0.2) is 44.8 Å². The molecule has 0 saturated heterocycles. The average Bonchev–Trinajstić information content (AvgIpc) is 2.66. The van der Waals surface area contributed by atoms with Gasteiger partial charge in [-0.3, -0.25) is 0 Å². The van der Waals surface area contributed by atoms with Crippen LogP contribution in [0.25, 0.3) is 21.9 Å². The molecule has 3 rings (SSSR count). The average molecular weight is 277 g/mol. The molecular weight excluding hydrogens is 263 g/mol. The van der Waals surface area contributed by atoms with Crippen molar-refractivity contribution in [1.29, 1.82) is 0 Å². The number of hydrogen-bond acceptors (Lipinski definition) is 4. The second-order valence-corrected chi connectivity index (χ2v) is 4.51. The van der Waals surface area contributed by atoms with Crippen molar-refractivity contribution < 1.29 is 19.2 Å². The van der Waals surface area contributed by atoms with Gasteiger partial charge in [-0.2, -0.15) is 0 Å². The molecular formula is C14H13O4P. The number of fused-ring (bicyclic) bond motifs is 3. The molecule has 0 spiro atoms. The van der Waals surface area contributed by atoms with Crippen molar-refractivity contribution in [2.75, 3.05) is 14.2 Å². The van der Waals surface area contributed by atoms with Crippen LogP contribution in [0, 0.1) is 0 Å². The summed E-state index contributed by atoms with van der Waals surface area (Å²) in [7, 11) is 3.00. The predicted octanol–water partition coefficient (Wildman–Crippen LogP) is 4.35. The standard InChI is InChI=1S/C14H13O4P/c1-15-9-3-5-13-11(7-9)12-8-10(16-2)4-6-14(12)18-19-17-13/h3-8,19H,1-2H3/i5D. The van der Waals surface area contributed by atoms with E-state index in [4.69, 9.17) is 19.2 Å². The molecule has 0 aliphatic carbocycles. The van der Waals surface area contributed by atoms with E-state index in [1.165, 1.54) is 0 Å². The molecule has 0 amide bonds. The highest BCUT2D eigenvalue weighted by Gasteiger charge is 2.05. The highest BCUT2D eigenvalue weighted by Crippen LogP contribution is 2.31. The van der Waals surface area contributed by atoms with Crippen molar-refractivity contribution in [2.24, 2.45) is 0 Å². The molecule has 1 unspecified atom stereocenters. The predicted molar refractivity (Wildman–Crippen MR) is 76.2 cm³/mol. The summed E-state index contributed by atoms with van der Waals surface area (Å²) in [5.41, 5.74) is 1.20. The molecule has 19 heavy (non-hydrogen) atoms. The fraction of sp³-hybridized carbons (Fsp3) is 0.143. The van der Waals surface area contributed by atoms with Crippen LogP contribution < -0.4 is 9.47 Å². The molecule has 0 aliphatic heterocycles. The van der Waals surface area contributed by atoms with Gasteiger partial charge in [0.15, 0.2) is 0 Å². The molecule has 0 saturated carbocycles. The fourth-order valence-corrected chi connectivity index (χ4v) is 2.47. The lowest BCUT2D eigenvalue weighted by molar-refractivity contribution is 0.415. The van der Waals surface area contributed by atoms with Gasteiger partial charge < -0.3 is 17.9 Å². The van der Waals surface area contributed by atoms with Crippen molar-refractivity contribution in [1.82, 2.24) is 0 Å². The molecule has 3 aromatic rings. The molecule has 4 nitrogen and oxygen atoms in total. The first-order valence-corrected chi connectivity index (χ1v) is 6.50. The Balaban J connectivity index is 2.52. The van der Waals surface area contributed by atoms with Crippen LogP contribution in [-0.2, 0) is 0 Å². The summed E-state index contributed by atoms with van der Waals surface area (Å²) in [6.45, 7) is 0. The molecule has 0 aliphatic rings. The van der Waals surface area contributed by atoms with Crippen molar-refractivity contribution in [3.8, 4) is 11.5 Å². The first kappa shape index (κ1) is 10.8. The molecule has 1 aromatic heterocycles. The molecule has 1 atom stereocenters. The summed E-state index contributed by atoms with van der Waals surface area (Å²) < 4.78 is 29.7. The summed E-state index contributed by atoms with van der Waals surface area (Å²) in [5, 5.41) is 1.60. The molecule has 0 fully saturated rings. The van der Waals surface area contributed by atoms with E-state index >= 15 is 0 Å². The molecule has 98 valence electrons. The van der Waals surface area contributed by atoms with E-state index in [9.17, 15) is 0 Å². The lowest BCUT2D eigenvalue weighted by atomic mass is 10.1. The number of rotatable bonds is 2. The van der Waals surface area contributed by atoms with E-state index < -0.39 is 0 Å². The first-order chi connectivity index (χ1) is 9.72. The van der Waals surface area contributed by atoms with Crippen LogP contribution in [0.4, 0.5) is 0 Å². The number of benzene rings is 2. The van der Waals surface area contributed by atoms with Gasteiger partial charge in [0.2, 0.25) is 8.67 Å². The van der Waals surface area contributed by atoms with Gasteiger partial charge >= 0.3 is 0 Å². The normalized spacial score (nSPS) is 11.8. The Hall–Kier alpha value is -2.06. The summed E-state index contributed by atoms with van der Waals surface area (Å²) in [6, 6.07) is 9.26. The monoisotopic (exact) mass is 277 g/mol. The van der Waals surface area contributed by atoms with E-state index in [0.29, 0.717) is 16.9 Å². The van der Waals surface area contributed by atoms with Gasteiger partial charge in [-0.25, -0.2) is 0 Å². The van der Waals surface area contributed by atoms with Crippen LogP contribution in [-0.4, -0.2) is 14.2 Å². The SMILES string of the molecule is [2H]c1cc(OC)cc2c1o[pH]oc1ccc(OC)cc12. The van der Waals surface area contributed by atoms with E-state index in [1.54, 1.807) is 20.3 Å². The van der Waals surface area contributed by atoms with Gasteiger partial charge in [0.25, 0.3) is 0 Å². The Labute approximate surface area is 112 Å². The van der Waals surface area contributed by atoms with E-state index in [-0.39, 0.29) is 14.7 Å². The maximum atomic E-state index is 8.04. The molecule has 2 aromatic carbocycles. The zero-order valence-electron chi connectivity index (χ0n) is 11.5. The third-order valence-electron chi connectivity index (χ3n) is 2.88. The van der Waals surface area contributed by atoms with Crippen molar-refractivity contribution >= 4 is 30.6 Å².